The van der Waals surface area contributed by atoms with E-state index in [4.69, 9.17) is 18.8 Å². The lowest BCUT2D eigenvalue weighted by molar-refractivity contribution is -0.149. The number of carbonyl (C=O) groups excluding carboxylic acids is 3. The summed E-state index contributed by atoms with van der Waals surface area (Å²) >= 11 is 4.21. The molecule has 3 aliphatic rings. The minimum atomic E-state index is -4.38. The molecule has 9 nitrogen and oxygen atoms in total. The number of fused-ring (bicyclic) bond motifs is 1. The van der Waals surface area contributed by atoms with E-state index < -0.39 is 58.0 Å². The van der Waals surface area contributed by atoms with Crippen LogP contribution in [0.4, 0.5) is 0 Å². The lowest BCUT2D eigenvalue weighted by Gasteiger charge is -2.30. The standard InChI is InChI=1S/C22H16I2O9S/c23-10-5-9(6-11(24)7-10)20(25)32-18-14-8-15-17(22(27)33-19(15)18)16(14)21(26)31-12-1-3-13(4-2-12)34(28,29)30/h1-7,14-19H,8H2,(H,28,29,30). The SMILES string of the molecule is O=C(OC1C2CC3C1OC(=O)C3C2C(=O)Oc1ccc(S(=O)(=O)O)cc1)c1cc(I)cc(I)c1. The maximum atomic E-state index is 13.1. The summed E-state index contributed by atoms with van der Waals surface area (Å²) in [7, 11) is -4.38. The van der Waals surface area contributed by atoms with Crippen LogP contribution in [0.2, 0.25) is 0 Å². The van der Waals surface area contributed by atoms with E-state index in [1.165, 1.54) is 12.1 Å². The van der Waals surface area contributed by atoms with Crippen LogP contribution in [-0.4, -0.2) is 43.1 Å². The molecule has 0 amide bonds. The van der Waals surface area contributed by atoms with Gasteiger partial charge < -0.3 is 14.2 Å². The molecule has 2 saturated carbocycles. The van der Waals surface area contributed by atoms with Gasteiger partial charge in [-0.2, -0.15) is 8.42 Å². The topological polar surface area (TPSA) is 133 Å². The van der Waals surface area contributed by atoms with E-state index in [0.717, 1.165) is 19.3 Å². The first-order valence-electron chi connectivity index (χ1n) is 10.2. The Hall–Kier alpha value is -1.78. The minimum absolute atomic E-state index is 0.0602. The molecule has 6 unspecified atom stereocenters. The molecule has 12 heteroatoms. The van der Waals surface area contributed by atoms with Gasteiger partial charge in [0.1, 0.15) is 18.0 Å². The first-order chi connectivity index (χ1) is 16.0. The van der Waals surface area contributed by atoms with E-state index in [2.05, 4.69) is 45.2 Å². The summed E-state index contributed by atoms with van der Waals surface area (Å²) in [6, 6.07) is 9.98. The minimum Gasteiger partial charge on any atom is -0.458 e. The highest BCUT2D eigenvalue weighted by molar-refractivity contribution is 14.1. The zero-order valence-corrected chi connectivity index (χ0v) is 22.2. The molecule has 0 aromatic heterocycles. The number of carbonyl (C=O) groups is 3. The molecule has 3 fully saturated rings. The molecule has 0 spiro atoms. The van der Waals surface area contributed by atoms with Crippen molar-refractivity contribution in [3.63, 3.8) is 0 Å². The maximum Gasteiger partial charge on any atom is 0.338 e. The summed E-state index contributed by atoms with van der Waals surface area (Å²) in [5.41, 5.74) is 0.373. The van der Waals surface area contributed by atoms with Crippen molar-refractivity contribution < 1.29 is 41.6 Å². The molecule has 2 aromatic carbocycles. The molecule has 34 heavy (non-hydrogen) atoms. The molecule has 5 rings (SSSR count). The predicted molar refractivity (Wildman–Crippen MR) is 131 cm³/mol. The number of esters is 3. The Morgan fingerprint density at radius 1 is 1.03 bits per heavy atom. The van der Waals surface area contributed by atoms with Gasteiger partial charge in [0.2, 0.25) is 0 Å². The Bertz CT molecular complexity index is 1290. The lowest BCUT2D eigenvalue weighted by Crippen LogP contribution is -2.44. The Morgan fingerprint density at radius 2 is 1.68 bits per heavy atom. The zero-order chi connectivity index (χ0) is 24.4. The second-order valence-electron chi connectivity index (χ2n) is 8.41. The van der Waals surface area contributed by atoms with Crippen molar-refractivity contribution in [1.82, 2.24) is 0 Å². The summed E-state index contributed by atoms with van der Waals surface area (Å²) in [6.07, 6.45) is -0.869. The highest BCUT2D eigenvalue weighted by Gasteiger charge is 2.70. The number of ether oxygens (including phenoxy) is 3. The zero-order valence-electron chi connectivity index (χ0n) is 17.1. The molecule has 2 aromatic rings. The molecule has 178 valence electrons. The largest absolute Gasteiger partial charge is 0.458 e. The Kier molecular flexibility index (Phi) is 6.13. The fraction of sp³-hybridized carbons (Fsp3) is 0.318. The van der Waals surface area contributed by atoms with Crippen LogP contribution in [-0.2, 0) is 29.2 Å². The molecule has 1 aliphatic heterocycles. The average molecular weight is 710 g/mol. The van der Waals surface area contributed by atoms with Gasteiger partial charge in [0.25, 0.3) is 10.1 Å². The van der Waals surface area contributed by atoms with Crippen molar-refractivity contribution in [1.29, 1.82) is 0 Å². The first-order valence-corrected chi connectivity index (χ1v) is 13.8. The fourth-order valence-electron chi connectivity index (χ4n) is 5.20. The molecule has 1 heterocycles. The van der Waals surface area contributed by atoms with Crippen LogP contribution in [0.3, 0.4) is 0 Å². The van der Waals surface area contributed by atoms with E-state index in [-0.39, 0.29) is 16.6 Å². The first kappa shape index (κ1) is 23.9. The van der Waals surface area contributed by atoms with Crippen LogP contribution >= 0.6 is 45.2 Å². The number of halogens is 2. The van der Waals surface area contributed by atoms with Crippen molar-refractivity contribution in [2.45, 2.75) is 23.5 Å². The third-order valence-corrected chi connectivity index (χ3v) is 8.61. The van der Waals surface area contributed by atoms with Crippen LogP contribution in [0.1, 0.15) is 16.8 Å². The van der Waals surface area contributed by atoms with Crippen molar-refractivity contribution in [3.8, 4) is 5.75 Å². The van der Waals surface area contributed by atoms with E-state index >= 15 is 0 Å². The molecule has 0 radical (unpaired) electrons. The van der Waals surface area contributed by atoms with Gasteiger partial charge in [-0.1, -0.05) is 0 Å². The van der Waals surface area contributed by atoms with Gasteiger partial charge in [-0.15, -0.1) is 0 Å². The van der Waals surface area contributed by atoms with E-state index in [9.17, 15) is 22.8 Å². The molecular weight excluding hydrogens is 694 g/mol. The highest BCUT2D eigenvalue weighted by atomic mass is 127. The van der Waals surface area contributed by atoms with Crippen molar-refractivity contribution in [3.05, 3.63) is 55.2 Å². The van der Waals surface area contributed by atoms with E-state index in [1.54, 1.807) is 12.1 Å². The van der Waals surface area contributed by atoms with Gasteiger partial charge in [0, 0.05) is 19.0 Å². The predicted octanol–water partition coefficient (Wildman–Crippen LogP) is 3.08. The van der Waals surface area contributed by atoms with Crippen LogP contribution in [0.15, 0.2) is 47.4 Å². The number of hydrogen-bond acceptors (Lipinski definition) is 8. The van der Waals surface area contributed by atoms with Gasteiger partial charge in [0.05, 0.1) is 22.3 Å². The van der Waals surface area contributed by atoms with Gasteiger partial charge in [0.15, 0.2) is 0 Å². The fourth-order valence-corrected chi connectivity index (χ4v) is 7.61. The molecule has 2 aliphatic carbocycles. The molecule has 1 N–H and O–H groups in total. The Morgan fingerprint density at radius 3 is 2.29 bits per heavy atom. The third-order valence-electron chi connectivity index (χ3n) is 6.50. The lowest BCUT2D eigenvalue weighted by atomic mass is 9.78. The Labute approximate surface area is 221 Å². The van der Waals surface area contributed by atoms with E-state index in [1.807, 2.05) is 6.07 Å². The molecule has 2 bridgehead atoms. The van der Waals surface area contributed by atoms with Crippen molar-refractivity contribution in [2.75, 3.05) is 0 Å². The second-order valence-corrected chi connectivity index (χ2v) is 12.3. The van der Waals surface area contributed by atoms with Gasteiger partial charge in [-0.25, -0.2) is 4.79 Å². The highest BCUT2D eigenvalue weighted by Crippen LogP contribution is 2.59. The summed E-state index contributed by atoms with van der Waals surface area (Å²) in [5, 5.41) is 0. The van der Waals surface area contributed by atoms with Gasteiger partial charge in [-0.05, 0) is 94.1 Å². The summed E-state index contributed by atoms with van der Waals surface area (Å²) < 4.78 is 49.9. The maximum absolute atomic E-state index is 13.1. The number of rotatable bonds is 5. The average Bonchev–Trinajstić information content (AvgIpc) is 3.36. The normalized spacial score (nSPS) is 29.1. The van der Waals surface area contributed by atoms with Crippen LogP contribution in [0, 0.1) is 30.8 Å². The number of hydrogen-bond donors (Lipinski definition) is 1. The summed E-state index contributed by atoms with van der Waals surface area (Å²) in [5.74, 6) is -3.90. The van der Waals surface area contributed by atoms with Crippen LogP contribution in [0.5, 0.6) is 5.75 Å². The molecule has 1 saturated heterocycles. The van der Waals surface area contributed by atoms with E-state index in [0.29, 0.717) is 12.0 Å². The molecular formula is C22H16I2O9S. The summed E-state index contributed by atoms with van der Waals surface area (Å²) in [4.78, 5) is 38.1. The van der Waals surface area contributed by atoms with Crippen LogP contribution in [0.25, 0.3) is 0 Å². The molecule has 6 atom stereocenters. The van der Waals surface area contributed by atoms with Crippen LogP contribution < -0.4 is 4.74 Å². The monoisotopic (exact) mass is 710 g/mol. The van der Waals surface area contributed by atoms with Crippen molar-refractivity contribution >= 4 is 73.2 Å². The Balaban J connectivity index is 1.36. The van der Waals surface area contributed by atoms with Crippen molar-refractivity contribution in [2.24, 2.45) is 23.7 Å². The smallest absolute Gasteiger partial charge is 0.338 e. The van der Waals surface area contributed by atoms with Gasteiger partial charge >= 0.3 is 17.9 Å². The number of benzene rings is 2. The third kappa shape index (κ3) is 4.22. The van der Waals surface area contributed by atoms with Gasteiger partial charge in [-0.3, -0.25) is 14.1 Å². The second kappa shape index (κ2) is 8.71. The summed E-state index contributed by atoms with van der Waals surface area (Å²) in [6.45, 7) is 0. The quantitative estimate of drug-likeness (QED) is 0.215.